The van der Waals surface area contributed by atoms with Crippen LogP contribution in [0.1, 0.15) is 17.3 Å². The van der Waals surface area contributed by atoms with Gasteiger partial charge in [0.15, 0.2) is 6.29 Å². The summed E-state index contributed by atoms with van der Waals surface area (Å²) in [6.07, 6.45) is 1.51. The van der Waals surface area contributed by atoms with E-state index in [4.69, 9.17) is 16.2 Å². The number of para-hydroxylation sites is 1. The molecule has 12 nitrogen and oxygen atoms in total. The smallest absolute Gasteiger partial charge is 0.222 e. The van der Waals surface area contributed by atoms with Gasteiger partial charge in [0.05, 0.1) is 17.6 Å². The Hall–Kier alpha value is -6.90. The number of fused-ring (bicyclic) bond motifs is 2. The fourth-order valence-electron chi connectivity index (χ4n) is 6.29. The van der Waals surface area contributed by atoms with Crippen LogP contribution in [-0.2, 0) is 4.79 Å². The minimum atomic E-state index is 0.180. The maximum Gasteiger partial charge on any atom is 0.222 e. The van der Waals surface area contributed by atoms with Crippen LogP contribution in [0.4, 0.5) is 40.6 Å². The van der Waals surface area contributed by atoms with Crippen LogP contribution in [0.25, 0.3) is 44.1 Å². The number of aromatic nitrogens is 4. The van der Waals surface area contributed by atoms with Gasteiger partial charge in [0.25, 0.3) is 0 Å². The number of hydrogen-bond donors (Lipinski definition) is 5. The second-order valence-corrected chi connectivity index (χ2v) is 14.5. The summed E-state index contributed by atoms with van der Waals surface area (Å²) >= 11 is 6.95. The lowest BCUT2D eigenvalue weighted by Gasteiger charge is -2.13. The van der Waals surface area contributed by atoms with Gasteiger partial charge < -0.3 is 32.2 Å². The molecular weight excluding hydrogens is 862 g/mol. The predicted molar refractivity (Wildman–Crippen MR) is 240 cm³/mol. The molecule has 6 aromatic carbocycles. The van der Waals surface area contributed by atoms with Gasteiger partial charge in [0, 0.05) is 47.9 Å². The number of carbonyl (C=O) groups is 2. The highest BCUT2D eigenvalue weighted by Gasteiger charge is 2.14. The summed E-state index contributed by atoms with van der Waals surface area (Å²) in [5.74, 6) is 2.29. The quantitative estimate of drug-likeness (QED) is 0.0779. The first-order valence-corrected chi connectivity index (χ1v) is 19.5. The van der Waals surface area contributed by atoms with Crippen LogP contribution in [0.15, 0.2) is 136 Å². The van der Waals surface area contributed by atoms with E-state index < -0.39 is 0 Å². The van der Waals surface area contributed by atoms with Gasteiger partial charge in [-0.2, -0.15) is 9.97 Å². The second kappa shape index (κ2) is 17.9. The second-order valence-electron chi connectivity index (χ2n) is 12.7. The molecule has 0 aliphatic heterocycles. The van der Waals surface area contributed by atoms with Crippen LogP contribution in [0.5, 0.6) is 5.75 Å². The van der Waals surface area contributed by atoms with Crippen LogP contribution in [0, 0.1) is 0 Å². The fraction of sp³-hybridized carbons (Fsp3) is 0.0455. The van der Waals surface area contributed by atoms with Gasteiger partial charge in [-0.1, -0.05) is 74.3 Å². The molecule has 0 unspecified atom stereocenters. The molecule has 0 saturated heterocycles. The highest BCUT2D eigenvalue weighted by molar-refractivity contribution is 9.10. The van der Waals surface area contributed by atoms with E-state index in [0.29, 0.717) is 41.5 Å². The Bertz CT molecular complexity index is 2800. The van der Waals surface area contributed by atoms with Crippen molar-refractivity contribution in [2.24, 2.45) is 0 Å². The molecule has 0 saturated carbocycles. The van der Waals surface area contributed by atoms with E-state index in [2.05, 4.69) is 67.7 Å². The molecule has 0 radical (unpaired) electrons. The normalized spacial score (nSPS) is 10.7. The van der Waals surface area contributed by atoms with Gasteiger partial charge in [-0.25, -0.2) is 9.97 Å². The number of halogens is 2. The van der Waals surface area contributed by atoms with E-state index in [9.17, 15) is 9.59 Å². The lowest BCUT2D eigenvalue weighted by atomic mass is 9.98. The molecule has 58 heavy (non-hydrogen) atoms. The van der Waals surface area contributed by atoms with E-state index in [1.807, 2.05) is 122 Å². The number of nitrogens with one attached hydrogen (secondary N) is 3. The van der Waals surface area contributed by atoms with Crippen molar-refractivity contribution >= 4 is 107 Å². The molecule has 0 aliphatic rings. The standard InChI is InChI=1S/C23H19BrN4O2.C21H16BrN5O/c1-2-30-18-8-6-15(13-29)19(12-18)14-7-9-21-20(10-14)22(28-23(25)27-21)26-17-5-3-4-16(24)11-17;22-14-4-3-5-15(11-14)25-20-17-10-13(8-9-19(17)26-21(23)27-20)16-6-1-2-7-18(16)24-12-28/h3-13H,2H2,1H3,(H3,25,26,27,28);1-12H,(H,24,28)(H3,23,25,26,27). The first-order chi connectivity index (χ1) is 28.2. The highest BCUT2D eigenvalue weighted by Crippen LogP contribution is 2.35. The third-order valence-corrected chi connectivity index (χ3v) is 9.81. The van der Waals surface area contributed by atoms with Gasteiger partial charge in [-0.05, 0) is 109 Å². The molecule has 2 heterocycles. The Morgan fingerprint density at radius 2 is 1.19 bits per heavy atom. The molecule has 8 aromatic rings. The van der Waals surface area contributed by atoms with Crippen molar-refractivity contribution in [1.82, 2.24) is 19.9 Å². The number of aldehydes is 1. The van der Waals surface area contributed by atoms with Crippen molar-refractivity contribution in [2.75, 3.05) is 34.0 Å². The van der Waals surface area contributed by atoms with E-state index in [-0.39, 0.29) is 11.9 Å². The summed E-state index contributed by atoms with van der Waals surface area (Å²) in [5.41, 5.74) is 19.8. The van der Waals surface area contributed by atoms with Crippen molar-refractivity contribution in [2.45, 2.75) is 6.92 Å². The molecule has 0 bridgehead atoms. The number of benzene rings is 6. The summed E-state index contributed by atoms with van der Waals surface area (Å²) in [6, 6.07) is 40.2. The largest absolute Gasteiger partial charge is 0.494 e. The zero-order chi connectivity index (χ0) is 40.6. The van der Waals surface area contributed by atoms with E-state index in [1.165, 1.54) is 0 Å². The molecule has 2 aromatic heterocycles. The van der Waals surface area contributed by atoms with Gasteiger partial charge in [-0.3, -0.25) is 9.59 Å². The van der Waals surface area contributed by atoms with Crippen molar-refractivity contribution in [1.29, 1.82) is 0 Å². The molecule has 0 atom stereocenters. The highest BCUT2D eigenvalue weighted by atomic mass is 79.9. The Balaban J connectivity index is 0.000000177. The summed E-state index contributed by atoms with van der Waals surface area (Å²) in [5, 5.41) is 11.0. The third-order valence-electron chi connectivity index (χ3n) is 8.83. The number of hydrogen-bond acceptors (Lipinski definition) is 11. The van der Waals surface area contributed by atoms with Crippen LogP contribution in [0.3, 0.4) is 0 Å². The summed E-state index contributed by atoms with van der Waals surface area (Å²) < 4.78 is 7.51. The van der Waals surface area contributed by atoms with Crippen molar-refractivity contribution in [3.8, 4) is 28.0 Å². The lowest BCUT2D eigenvalue weighted by molar-refractivity contribution is -0.105. The number of nitrogen functional groups attached to an aromatic ring is 2. The number of amides is 1. The van der Waals surface area contributed by atoms with Crippen molar-refractivity contribution < 1.29 is 14.3 Å². The van der Waals surface area contributed by atoms with Crippen LogP contribution >= 0.6 is 31.9 Å². The zero-order valence-corrected chi connectivity index (χ0v) is 34.1. The van der Waals surface area contributed by atoms with Gasteiger partial charge >= 0.3 is 0 Å². The van der Waals surface area contributed by atoms with Crippen molar-refractivity contribution in [3.63, 3.8) is 0 Å². The molecular formula is C44H35Br2N9O3. The Labute approximate surface area is 350 Å². The number of nitrogens with two attached hydrogens (primary N) is 2. The maximum atomic E-state index is 11.6. The van der Waals surface area contributed by atoms with Gasteiger partial charge in [0.1, 0.15) is 17.4 Å². The average molecular weight is 898 g/mol. The monoisotopic (exact) mass is 895 g/mol. The molecule has 14 heteroatoms. The zero-order valence-electron chi connectivity index (χ0n) is 30.9. The number of carbonyl (C=O) groups excluding carboxylic acids is 2. The molecule has 288 valence electrons. The number of rotatable bonds is 11. The first-order valence-electron chi connectivity index (χ1n) is 17.9. The Morgan fingerprint density at radius 1 is 0.621 bits per heavy atom. The average Bonchev–Trinajstić information content (AvgIpc) is 3.21. The fourth-order valence-corrected chi connectivity index (χ4v) is 7.09. The molecule has 8 rings (SSSR count). The van der Waals surface area contributed by atoms with E-state index in [0.717, 1.165) is 70.8 Å². The Kier molecular flexibility index (Phi) is 12.2. The van der Waals surface area contributed by atoms with Crippen LogP contribution in [-0.4, -0.2) is 39.2 Å². The number of ether oxygens (including phenoxy) is 1. The SMILES string of the molecule is CCOc1ccc(C=O)c(-c2ccc3nc(N)nc(Nc4cccc(Br)c4)c3c2)c1.Nc1nc(Nc2cccc(Br)c2)c2cc(-c3ccccc3NC=O)ccc2n1. The van der Waals surface area contributed by atoms with E-state index >= 15 is 0 Å². The van der Waals surface area contributed by atoms with Crippen LogP contribution in [0.2, 0.25) is 0 Å². The van der Waals surface area contributed by atoms with Crippen LogP contribution < -0.4 is 32.2 Å². The molecule has 0 fully saturated rings. The minimum Gasteiger partial charge on any atom is -0.494 e. The molecule has 0 spiro atoms. The number of anilines is 7. The maximum absolute atomic E-state index is 11.6. The first kappa shape index (κ1) is 39.3. The number of nitrogens with zero attached hydrogens (tertiary/aromatic N) is 4. The van der Waals surface area contributed by atoms with E-state index in [1.54, 1.807) is 12.1 Å². The predicted octanol–water partition coefficient (Wildman–Crippen LogP) is 10.5. The lowest BCUT2D eigenvalue weighted by Crippen LogP contribution is -2.02. The van der Waals surface area contributed by atoms with Gasteiger partial charge in [-0.15, -0.1) is 0 Å². The summed E-state index contributed by atoms with van der Waals surface area (Å²) in [7, 11) is 0. The third kappa shape index (κ3) is 9.20. The topological polar surface area (TPSA) is 183 Å². The summed E-state index contributed by atoms with van der Waals surface area (Å²) in [6.45, 7) is 2.47. The molecule has 0 aliphatic carbocycles. The van der Waals surface area contributed by atoms with Crippen molar-refractivity contribution in [3.05, 3.63) is 142 Å². The summed E-state index contributed by atoms with van der Waals surface area (Å²) in [4.78, 5) is 40.0. The Morgan fingerprint density at radius 3 is 1.72 bits per heavy atom. The minimum absolute atomic E-state index is 0.180. The van der Waals surface area contributed by atoms with Gasteiger partial charge in [0.2, 0.25) is 18.3 Å². The molecule has 7 N–H and O–H groups in total. The molecule has 1 amide bonds.